The van der Waals surface area contributed by atoms with Crippen LogP contribution in [0, 0.1) is 0 Å². The second-order valence-corrected chi connectivity index (χ2v) is 8.60. The number of hydrogen-bond acceptors (Lipinski definition) is 4. The second-order valence-electron chi connectivity index (χ2n) is 8.16. The molecule has 34 heavy (non-hydrogen) atoms. The molecule has 3 aromatic rings. The van der Waals surface area contributed by atoms with Gasteiger partial charge < -0.3 is 19.7 Å². The van der Waals surface area contributed by atoms with E-state index in [-0.39, 0.29) is 31.6 Å². The summed E-state index contributed by atoms with van der Waals surface area (Å²) in [6, 6.07) is 22.1. The molecule has 0 saturated carbocycles. The monoisotopic (exact) mass is 478 g/mol. The summed E-state index contributed by atoms with van der Waals surface area (Å²) < 4.78 is 10.8. The zero-order chi connectivity index (χ0) is 23.9. The van der Waals surface area contributed by atoms with Crippen LogP contribution in [0.2, 0.25) is 5.02 Å². The summed E-state index contributed by atoms with van der Waals surface area (Å²) >= 11 is 6.19. The van der Waals surface area contributed by atoms with Crippen LogP contribution >= 0.6 is 11.6 Å². The van der Waals surface area contributed by atoms with Crippen LogP contribution in [0.1, 0.15) is 23.1 Å². The van der Waals surface area contributed by atoms with E-state index in [0.29, 0.717) is 29.4 Å². The van der Waals surface area contributed by atoms with Crippen molar-refractivity contribution in [3.63, 3.8) is 0 Å². The molecule has 3 aromatic carbocycles. The number of benzene rings is 3. The first kappa shape index (κ1) is 23.6. The van der Waals surface area contributed by atoms with Gasteiger partial charge in [-0.05, 0) is 47.4 Å². The molecule has 1 N–H and O–H groups in total. The number of nitrogens with zero attached hydrogens (tertiary/aromatic N) is 1. The van der Waals surface area contributed by atoms with Crippen molar-refractivity contribution in [2.24, 2.45) is 0 Å². The van der Waals surface area contributed by atoms with Gasteiger partial charge in [-0.1, -0.05) is 60.1 Å². The molecule has 0 unspecified atom stereocenters. The highest BCUT2D eigenvalue weighted by molar-refractivity contribution is 6.30. The normalized spacial score (nSPS) is 12.8. The first-order valence-electron chi connectivity index (χ1n) is 11.2. The molecule has 0 fully saturated rings. The average molecular weight is 479 g/mol. The van der Waals surface area contributed by atoms with E-state index in [4.69, 9.17) is 21.1 Å². The van der Waals surface area contributed by atoms with E-state index < -0.39 is 6.04 Å². The first-order valence-corrected chi connectivity index (χ1v) is 11.6. The smallest absolute Gasteiger partial charge is 0.242 e. The third-order valence-electron chi connectivity index (χ3n) is 5.82. The van der Waals surface area contributed by atoms with Gasteiger partial charge in [0.2, 0.25) is 18.6 Å². The van der Waals surface area contributed by atoms with Gasteiger partial charge in [-0.3, -0.25) is 9.59 Å². The molecule has 4 rings (SSSR count). The molecule has 1 aliphatic rings. The van der Waals surface area contributed by atoms with E-state index in [2.05, 4.69) is 5.32 Å². The van der Waals surface area contributed by atoms with Crippen LogP contribution in [0.3, 0.4) is 0 Å². The lowest BCUT2D eigenvalue weighted by Crippen LogP contribution is -2.49. The van der Waals surface area contributed by atoms with E-state index in [9.17, 15) is 9.59 Å². The van der Waals surface area contributed by atoms with Gasteiger partial charge in [-0.2, -0.15) is 0 Å². The number of rotatable bonds is 9. The highest BCUT2D eigenvalue weighted by Crippen LogP contribution is 2.33. The quantitative estimate of drug-likeness (QED) is 0.495. The minimum atomic E-state index is -0.657. The number of carbonyl (C=O) groups is 2. The predicted octanol–water partition coefficient (Wildman–Crippen LogP) is 4.39. The Morgan fingerprint density at radius 2 is 1.71 bits per heavy atom. The molecule has 0 saturated heterocycles. The van der Waals surface area contributed by atoms with Crippen molar-refractivity contribution in [3.8, 4) is 11.5 Å². The summed E-state index contributed by atoms with van der Waals surface area (Å²) in [6.45, 7) is 0.490. The molecule has 0 radical (unpaired) electrons. The van der Waals surface area contributed by atoms with Gasteiger partial charge in [0.25, 0.3) is 0 Å². The molecule has 1 heterocycles. The molecule has 0 aromatic heterocycles. The SMILES string of the molecule is CNC(=O)[C@@H](Cc1ccccc1)N(Cc1cccc(Cl)c1)C(=O)CCc1ccc2c(c1)OCO2. The van der Waals surface area contributed by atoms with E-state index in [1.54, 1.807) is 18.0 Å². The van der Waals surface area contributed by atoms with Crippen molar-refractivity contribution < 1.29 is 19.1 Å². The summed E-state index contributed by atoms with van der Waals surface area (Å²) in [4.78, 5) is 28.2. The Labute approximate surface area is 204 Å². The topological polar surface area (TPSA) is 67.9 Å². The highest BCUT2D eigenvalue weighted by Gasteiger charge is 2.29. The lowest BCUT2D eigenvalue weighted by atomic mass is 10.0. The van der Waals surface area contributed by atoms with E-state index >= 15 is 0 Å². The first-order chi connectivity index (χ1) is 16.5. The van der Waals surface area contributed by atoms with Gasteiger partial charge in [-0.25, -0.2) is 0 Å². The third kappa shape index (κ3) is 5.88. The van der Waals surface area contributed by atoms with Crippen LogP contribution in [-0.4, -0.2) is 36.6 Å². The fraction of sp³-hybridized carbons (Fsp3) is 0.259. The van der Waals surface area contributed by atoms with Crippen molar-refractivity contribution in [1.29, 1.82) is 0 Å². The van der Waals surface area contributed by atoms with Crippen molar-refractivity contribution in [2.75, 3.05) is 13.8 Å². The summed E-state index contributed by atoms with van der Waals surface area (Å²) in [5.41, 5.74) is 2.82. The molecule has 176 valence electrons. The number of halogens is 1. The Morgan fingerprint density at radius 3 is 2.47 bits per heavy atom. The maximum atomic E-state index is 13.5. The van der Waals surface area contributed by atoms with Gasteiger partial charge in [0.05, 0.1) is 0 Å². The summed E-state index contributed by atoms with van der Waals surface area (Å²) in [7, 11) is 1.59. The molecule has 1 aliphatic heterocycles. The van der Waals surface area contributed by atoms with Gasteiger partial charge in [-0.15, -0.1) is 0 Å². The largest absolute Gasteiger partial charge is 0.454 e. The van der Waals surface area contributed by atoms with Crippen LogP contribution in [0.15, 0.2) is 72.8 Å². The van der Waals surface area contributed by atoms with Crippen molar-refractivity contribution in [1.82, 2.24) is 10.2 Å². The Hall–Kier alpha value is -3.51. The van der Waals surface area contributed by atoms with Gasteiger partial charge in [0.1, 0.15) is 6.04 Å². The maximum absolute atomic E-state index is 13.5. The molecule has 0 bridgehead atoms. The highest BCUT2D eigenvalue weighted by atomic mass is 35.5. The Kier molecular flexibility index (Phi) is 7.70. The van der Waals surface area contributed by atoms with E-state index in [1.165, 1.54) is 0 Å². The number of hydrogen-bond donors (Lipinski definition) is 1. The summed E-state index contributed by atoms with van der Waals surface area (Å²) in [5, 5.41) is 3.32. The number of nitrogens with one attached hydrogen (secondary N) is 1. The van der Waals surface area contributed by atoms with Crippen LogP contribution in [0.5, 0.6) is 11.5 Å². The van der Waals surface area contributed by atoms with Crippen molar-refractivity contribution in [2.45, 2.75) is 31.8 Å². The van der Waals surface area contributed by atoms with E-state index in [0.717, 1.165) is 16.7 Å². The number of fused-ring (bicyclic) bond motifs is 1. The molecule has 6 nitrogen and oxygen atoms in total. The third-order valence-corrected chi connectivity index (χ3v) is 6.06. The van der Waals surface area contributed by atoms with Crippen LogP contribution < -0.4 is 14.8 Å². The van der Waals surface area contributed by atoms with Gasteiger partial charge >= 0.3 is 0 Å². The average Bonchev–Trinajstić information content (AvgIpc) is 3.33. The molecular weight excluding hydrogens is 452 g/mol. The minimum Gasteiger partial charge on any atom is -0.454 e. The summed E-state index contributed by atoms with van der Waals surface area (Å²) in [5.74, 6) is 1.08. The Bertz CT molecular complexity index is 1150. The lowest BCUT2D eigenvalue weighted by Gasteiger charge is -2.31. The second kappa shape index (κ2) is 11.1. The van der Waals surface area contributed by atoms with Crippen LogP contribution in [0.4, 0.5) is 0 Å². The molecule has 0 spiro atoms. The predicted molar refractivity (Wildman–Crippen MR) is 131 cm³/mol. The number of likely N-dealkylation sites (N-methyl/N-ethyl adjacent to an activating group) is 1. The zero-order valence-corrected chi connectivity index (χ0v) is 19.8. The number of aryl methyl sites for hydroxylation is 1. The summed E-state index contributed by atoms with van der Waals surface area (Å²) in [6.07, 6.45) is 1.19. The molecule has 0 aliphatic carbocycles. The number of amides is 2. The van der Waals surface area contributed by atoms with Crippen LogP contribution in [-0.2, 0) is 29.0 Å². The fourth-order valence-electron chi connectivity index (χ4n) is 4.04. The van der Waals surface area contributed by atoms with Crippen molar-refractivity contribution >= 4 is 23.4 Å². The molecule has 2 amide bonds. The molecule has 1 atom stereocenters. The molecule has 7 heteroatoms. The van der Waals surface area contributed by atoms with E-state index in [1.807, 2.05) is 66.7 Å². The van der Waals surface area contributed by atoms with Crippen molar-refractivity contribution in [3.05, 3.63) is 94.5 Å². The Morgan fingerprint density at radius 1 is 0.941 bits per heavy atom. The number of carbonyl (C=O) groups excluding carboxylic acids is 2. The fourth-order valence-corrected chi connectivity index (χ4v) is 4.26. The van der Waals surface area contributed by atoms with Gasteiger partial charge in [0, 0.05) is 31.5 Å². The van der Waals surface area contributed by atoms with Gasteiger partial charge in [0.15, 0.2) is 11.5 Å². The molecular formula is C27H27ClN2O4. The zero-order valence-electron chi connectivity index (χ0n) is 19.0. The Balaban J connectivity index is 1.57. The lowest BCUT2D eigenvalue weighted by molar-refractivity contribution is -0.141. The standard InChI is InChI=1S/C27H27ClN2O4/c1-29-27(32)23(15-19-6-3-2-4-7-19)30(17-21-8-5-9-22(28)14-21)26(31)13-11-20-10-12-24-25(16-20)34-18-33-24/h2-10,12,14,16,23H,11,13,15,17-18H2,1H3,(H,29,32)/t23-/m1/s1. The van der Waals surface area contributed by atoms with Crippen LogP contribution in [0.25, 0.3) is 0 Å². The number of ether oxygens (including phenoxy) is 2. The maximum Gasteiger partial charge on any atom is 0.242 e. The minimum absolute atomic E-state index is 0.109.